The number of ether oxygens (including phenoxy) is 1. The fourth-order valence-corrected chi connectivity index (χ4v) is 5.91. The SMILES string of the molecule is CCCCC(C)(C)C(O)/C=C/[C@H]1[C@@H](CSCCCCCCC(=O)O)[C@H]2CC[C@@H]1O2. The molecule has 2 bridgehead atoms. The molecule has 2 fully saturated rings. The van der Waals surface area contributed by atoms with Gasteiger partial charge in [-0.2, -0.15) is 11.8 Å². The van der Waals surface area contributed by atoms with E-state index in [1.807, 2.05) is 17.8 Å². The lowest BCUT2D eigenvalue weighted by Gasteiger charge is -2.30. The molecule has 4 nitrogen and oxygen atoms in total. The zero-order valence-electron chi connectivity index (χ0n) is 18.6. The van der Waals surface area contributed by atoms with Crippen molar-refractivity contribution in [2.75, 3.05) is 11.5 Å². The van der Waals surface area contributed by atoms with Crippen LogP contribution in [-0.4, -0.2) is 46.0 Å². The summed E-state index contributed by atoms with van der Waals surface area (Å²) >= 11 is 2.02. The zero-order valence-corrected chi connectivity index (χ0v) is 19.5. The first-order chi connectivity index (χ1) is 13.8. The second-order valence-electron chi connectivity index (χ2n) is 9.59. The average molecular weight is 427 g/mol. The smallest absolute Gasteiger partial charge is 0.303 e. The first kappa shape index (κ1) is 24.7. The summed E-state index contributed by atoms with van der Waals surface area (Å²) < 4.78 is 6.21. The monoisotopic (exact) mass is 426 g/mol. The molecule has 2 aliphatic rings. The van der Waals surface area contributed by atoms with Crippen molar-refractivity contribution in [2.45, 2.75) is 103 Å². The van der Waals surface area contributed by atoms with Crippen LogP contribution >= 0.6 is 11.8 Å². The summed E-state index contributed by atoms with van der Waals surface area (Å²) in [4.78, 5) is 10.5. The van der Waals surface area contributed by atoms with E-state index in [0.717, 1.165) is 56.5 Å². The van der Waals surface area contributed by atoms with Crippen molar-refractivity contribution in [3.63, 3.8) is 0 Å². The van der Waals surface area contributed by atoms with Gasteiger partial charge < -0.3 is 14.9 Å². The summed E-state index contributed by atoms with van der Waals surface area (Å²) in [5.41, 5.74) is -0.0735. The Morgan fingerprint density at radius 1 is 1.17 bits per heavy atom. The number of aliphatic hydroxyl groups excluding tert-OH is 1. The third kappa shape index (κ3) is 7.91. The number of rotatable bonds is 15. The fraction of sp³-hybridized carbons (Fsp3) is 0.875. The summed E-state index contributed by atoms with van der Waals surface area (Å²) in [7, 11) is 0. The van der Waals surface area contributed by atoms with Crippen molar-refractivity contribution in [3.05, 3.63) is 12.2 Å². The molecule has 2 heterocycles. The molecule has 2 N–H and O–H groups in total. The lowest BCUT2D eigenvalue weighted by atomic mass is 9.78. The van der Waals surface area contributed by atoms with Gasteiger partial charge in [0.05, 0.1) is 18.3 Å². The second-order valence-corrected chi connectivity index (χ2v) is 10.7. The van der Waals surface area contributed by atoms with Crippen LogP contribution in [-0.2, 0) is 9.53 Å². The maximum atomic E-state index is 10.7. The average Bonchev–Trinajstić information content (AvgIpc) is 3.28. The van der Waals surface area contributed by atoms with Gasteiger partial charge in [-0.1, -0.05) is 58.6 Å². The third-order valence-corrected chi connectivity index (χ3v) is 7.92. The summed E-state index contributed by atoms with van der Waals surface area (Å²) in [6.45, 7) is 6.53. The molecule has 2 saturated heterocycles. The molecule has 0 saturated carbocycles. The number of hydrogen-bond donors (Lipinski definition) is 2. The lowest BCUT2D eigenvalue weighted by Crippen LogP contribution is -2.30. The number of carbonyl (C=O) groups is 1. The molecule has 2 rings (SSSR count). The van der Waals surface area contributed by atoms with Gasteiger partial charge in [-0.25, -0.2) is 0 Å². The van der Waals surface area contributed by atoms with Crippen LogP contribution in [0.25, 0.3) is 0 Å². The van der Waals surface area contributed by atoms with Gasteiger partial charge in [-0.3, -0.25) is 4.79 Å². The predicted octanol–water partition coefficient (Wildman–Crippen LogP) is 5.68. The lowest BCUT2D eigenvalue weighted by molar-refractivity contribution is -0.137. The van der Waals surface area contributed by atoms with Gasteiger partial charge in [0.15, 0.2) is 0 Å². The molecule has 5 heteroatoms. The largest absolute Gasteiger partial charge is 0.481 e. The zero-order chi connectivity index (χ0) is 21.3. The maximum absolute atomic E-state index is 10.7. The standard InChI is InChI=1S/C24H42O4S/c1-4-5-15-24(2,3)22(25)14-11-18-19(21-13-12-20(18)28-21)17-29-16-9-7-6-8-10-23(26)27/h11,14,18-22,25H,4-10,12-13,15-17H2,1-3H3,(H,26,27)/b14-11+/t18-,19+,20-,21+,22?/m0/s1. The Hall–Kier alpha value is -0.520. The van der Waals surface area contributed by atoms with E-state index >= 15 is 0 Å². The maximum Gasteiger partial charge on any atom is 0.303 e. The van der Waals surface area contributed by atoms with E-state index in [1.54, 1.807) is 0 Å². The molecular weight excluding hydrogens is 384 g/mol. The second kappa shape index (κ2) is 12.4. The number of fused-ring (bicyclic) bond motifs is 2. The number of aliphatic hydroxyl groups is 1. The number of hydrogen-bond acceptors (Lipinski definition) is 4. The van der Waals surface area contributed by atoms with Crippen molar-refractivity contribution in [2.24, 2.45) is 17.3 Å². The molecule has 29 heavy (non-hydrogen) atoms. The molecular formula is C24H42O4S. The third-order valence-electron chi connectivity index (χ3n) is 6.72. The van der Waals surface area contributed by atoms with E-state index in [-0.39, 0.29) is 5.41 Å². The Kier molecular flexibility index (Phi) is 10.5. The van der Waals surface area contributed by atoms with Crippen LogP contribution in [0.15, 0.2) is 12.2 Å². The van der Waals surface area contributed by atoms with Crippen molar-refractivity contribution >= 4 is 17.7 Å². The van der Waals surface area contributed by atoms with Crippen LogP contribution in [0.4, 0.5) is 0 Å². The molecule has 5 atom stereocenters. The Morgan fingerprint density at radius 3 is 2.62 bits per heavy atom. The van der Waals surface area contributed by atoms with Crippen molar-refractivity contribution in [1.82, 2.24) is 0 Å². The van der Waals surface area contributed by atoms with E-state index < -0.39 is 12.1 Å². The van der Waals surface area contributed by atoms with E-state index in [1.165, 1.54) is 12.8 Å². The van der Waals surface area contributed by atoms with Gasteiger partial charge in [-0.05, 0) is 49.0 Å². The molecule has 0 aromatic heterocycles. The van der Waals surface area contributed by atoms with Gasteiger partial charge in [-0.15, -0.1) is 0 Å². The van der Waals surface area contributed by atoms with Crippen molar-refractivity contribution in [3.8, 4) is 0 Å². The quantitative estimate of drug-likeness (QED) is 0.260. The van der Waals surface area contributed by atoms with Gasteiger partial charge in [0.2, 0.25) is 0 Å². The Balaban J connectivity index is 1.74. The highest BCUT2D eigenvalue weighted by atomic mass is 32.2. The minimum absolute atomic E-state index is 0.0735. The first-order valence-electron chi connectivity index (χ1n) is 11.7. The van der Waals surface area contributed by atoms with E-state index in [4.69, 9.17) is 9.84 Å². The summed E-state index contributed by atoms with van der Waals surface area (Å²) in [6.07, 6.45) is 14.7. The van der Waals surface area contributed by atoms with Gasteiger partial charge in [0.25, 0.3) is 0 Å². The van der Waals surface area contributed by atoms with Crippen LogP contribution in [0.2, 0.25) is 0 Å². The van der Waals surface area contributed by atoms with Crippen LogP contribution in [0.5, 0.6) is 0 Å². The predicted molar refractivity (Wildman–Crippen MR) is 121 cm³/mol. The topological polar surface area (TPSA) is 66.8 Å². The minimum Gasteiger partial charge on any atom is -0.481 e. The fourth-order valence-electron chi connectivity index (χ4n) is 4.62. The highest BCUT2D eigenvalue weighted by Crippen LogP contribution is 2.45. The van der Waals surface area contributed by atoms with Gasteiger partial charge >= 0.3 is 5.97 Å². The van der Waals surface area contributed by atoms with Crippen molar-refractivity contribution < 1.29 is 19.7 Å². The Morgan fingerprint density at radius 2 is 1.90 bits per heavy atom. The van der Waals surface area contributed by atoms with E-state index in [0.29, 0.717) is 30.5 Å². The molecule has 0 amide bonds. The van der Waals surface area contributed by atoms with Gasteiger partial charge in [0.1, 0.15) is 0 Å². The molecule has 0 aromatic carbocycles. The molecule has 0 radical (unpaired) electrons. The Labute approximate surface area is 181 Å². The minimum atomic E-state index is -0.686. The van der Waals surface area contributed by atoms with Crippen molar-refractivity contribution in [1.29, 1.82) is 0 Å². The summed E-state index contributed by atoms with van der Waals surface area (Å²) in [6, 6.07) is 0. The normalized spacial score (nSPS) is 27.7. The molecule has 0 aromatic rings. The number of aliphatic carboxylic acids is 1. The number of carboxylic acids is 1. The molecule has 1 unspecified atom stereocenters. The highest BCUT2D eigenvalue weighted by molar-refractivity contribution is 7.99. The van der Waals surface area contributed by atoms with E-state index in [9.17, 15) is 9.90 Å². The van der Waals surface area contributed by atoms with Gasteiger partial charge in [0, 0.05) is 18.3 Å². The first-order valence-corrected chi connectivity index (χ1v) is 12.8. The summed E-state index contributed by atoms with van der Waals surface area (Å²) in [5.74, 6) is 2.58. The number of unbranched alkanes of at least 4 members (excludes halogenated alkanes) is 4. The molecule has 0 spiro atoms. The highest BCUT2D eigenvalue weighted by Gasteiger charge is 2.47. The number of thioether (sulfide) groups is 1. The molecule has 0 aliphatic carbocycles. The molecule has 2 aliphatic heterocycles. The Bertz CT molecular complexity index is 519. The summed E-state index contributed by atoms with van der Waals surface area (Å²) in [5, 5.41) is 19.4. The number of carboxylic acid groups (broad SMARTS) is 1. The van der Waals surface area contributed by atoms with Crippen LogP contribution in [0, 0.1) is 17.3 Å². The van der Waals surface area contributed by atoms with Crippen LogP contribution in [0.3, 0.4) is 0 Å². The van der Waals surface area contributed by atoms with Crippen LogP contribution < -0.4 is 0 Å². The molecule has 168 valence electrons. The van der Waals surface area contributed by atoms with Crippen LogP contribution in [0.1, 0.15) is 85.0 Å². The van der Waals surface area contributed by atoms with E-state index in [2.05, 4.69) is 26.8 Å².